The molecule has 0 aliphatic carbocycles. The molecule has 1 atom stereocenters. The third kappa shape index (κ3) is 5.29. The third-order valence-electron chi connectivity index (χ3n) is 3.64. The van der Waals surface area contributed by atoms with Crippen LogP contribution in [0.4, 0.5) is 16.3 Å². The number of hydrogen-bond acceptors (Lipinski definition) is 6. The van der Waals surface area contributed by atoms with Crippen molar-refractivity contribution in [2.45, 2.75) is 13.0 Å². The molecule has 9 heteroatoms. The van der Waals surface area contributed by atoms with Gasteiger partial charge in [0, 0.05) is 18.1 Å². The van der Waals surface area contributed by atoms with Gasteiger partial charge >= 0.3 is 6.03 Å². The highest BCUT2D eigenvalue weighted by molar-refractivity contribution is 6.31. The quantitative estimate of drug-likeness (QED) is 0.740. The van der Waals surface area contributed by atoms with Crippen molar-refractivity contribution in [3.8, 4) is 5.75 Å². The minimum absolute atomic E-state index is 0.0380. The van der Waals surface area contributed by atoms with Crippen molar-refractivity contribution in [3.05, 3.63) is 41.3 Å². The lowest BCUT2D eigenvalue weighted by Gasteiger charge is -2.24. The summed E-state index contributed by atoms with van der Waals surface area (Å²) < 4.78 is 11.4. The number of halogens is 1. The average molecular weight is 378 g/mol. The normalized spacial score (nSPS) is 16.8. The number of rotatable bonds is 5. The first-order valence-electron chi connectivity index (χ1n) is 8.21. The summed E-state index contributed by atoms with van der Waals surface area (Å²) in [4.78, 5) is 20.4. The summed E-state index contributed by atoms with van der Waals surface area (Å²) in [6.07, 6.45) is 3.02. The van der Waals surface area contributed by atoms with E-state index in [9.17, 15) is 4.79 Å². The Morgan fingerprint density at radius 3 is 3.00 bits per heavy atom. The zero-order chi connectivity index (χ0) is 18.4. The van der Waals surface area contributed by atoms with Gasteiger partial charge in [-0.25, -0.2) is 9.78 Å². The number of morpholine rings is 1. The molecule has 1 aliphatic heterocycles. The van der Waals surface area contributed by atoms with Crippen LogP contribution in [0.3, 0.4) is 0 Å². The van der Waals surface area contributed by atoms with Crippen LogP contribution in [0.15, 0.2) is 30.6 Å². The lowest BCUT2D eigenvalue weighted by Crippen LogP contribution is -2.41. The Hall–Kier alpha value is -2.42. The van der Waals surface area contributed by atoms with Crippen molar-refractivity contribution in [2.75, 3.05) is 36.9 Å². The van der Waals surface area contributed by atoms with Gasteiger partial charge in [0.15, 0.2) is 5.82 Å². The van der Waals surface area contributed by atoms with E-state index in [-0.39, 0.29) is 6.10 Å². The van der Waals surface area contributed by atoms with Gasteiger partial charge in [-0.3, -0.25) is 10.3 Å². The van der Waals surface area contributed by atoms with E-state index in [0.717, 1.165) is 18.8 Å². The number of amides is 2. The highest BCUT2D eigenvalue weighted by Gasteiger charge is 2.16. The van der Waals surface area contributed by atoms with Crippen LogP contribution in [-0.4, -0.2) is 48.4 Å². The number of carbonyl (C=O) groups excluding carboxylic acids is 1. The molecule has 8 nitrogen and oxygen atoms in total. The van der Waals surface area contributed by atoms with Crippen molar-refractivity contribution in [1.82, 2.24) is 15.3 Å². The first kappa shape index (κ1) is 18.4. The molecule has 1 aliphatic rings. The second kappa shape index (κ2) is 8.79. The maximum atomic E-state index is 12.2. The van der Waals surface area contributed by atoms with E-state index < -0.39 is 6.03 Å². The number of anilines is 2. The van der Waals surface area contributed by atoms with Gasteiger partial charge in [0.25, 0.3) is 0 Å². The van der Waals surface area contributed by atoms with Gasteiger partial charge in [0.05, 0.1) is 30.4 Å². The van der Waals surface area contributed by atoms with Gasteiger partial charge in [-0.05, 0) is 25.1 Å². The molecule has 138 valence electrons. The Labute approximate surface area is 156 Å². The zero-order valence-electron chi connectivity index (χ0n) is 14.3. The third-order valence-corrected chi connectivity index (χ3v) is 3.88. The van der Waals surface area contributed by atoms with Crippen LogP contribution in [-0.2, 0) is 4.74 Å². The maximum absolute atomic E-state index is 12.2. The molecule has 1 saturated heterocycles. The average Bonchev–Trinajstić information content (AvgIpc) is 2.64. The van der Waals surface area contributed by atoms with Gasteiger partial charge in [-0.15, -0.1) is 0 Å². The fraction of sp³-hybridized carbons (Fsp3) is 0.353. The number of ether oxygens (including phenoxy) is 2. The summed E-state index contributed by atoms with van der Waals surface area (Å²) in [6, 6.07) is 4.56. The molecule has 0 saturated carbocycles. The van der Waals surface area contributed by atoms with E-state index in [4.69, 9.17) is 21.1 Å². The molecule has 0 radical (unpaired) electrons. The number of hydrogen-bond donors (Lipinski definition) is 3. The van der Waals surface area contributed by atoms with E-state index in [2.05, 4.69) is 25.9 Å². The van der Waals surface area contributed by atoms with Crippen molar-refractivity contribution >= 4 is 29.1 Å². The SMILES string of the molecule is Cc1cnc(NC(=O)Nc2cc(Cl)ccc2OC[C@@H]2CNCCO2)cn1. The molecule has 2 aromatic rings. The summed E-state index contributed by atoms with van der Waals surface area (Å²) in [5.41, 5.74) is 1.22. The number of benzene rings is 1. The lowest BCUT2D eigenvalue weighted by molar-refractivity contribution is 0.000352. The minimum atomic E-state index is -0.467. The van der Waals surface area contributed by atoms with Crippen molar-refractivity contribution in [3.63, 3.8) is 0 Å². The molecule has 2 amide bonds. The Kier molecular flexibility index (Phi) is 6.21. The highest BCUT2D eigenvalue weighted by Crippen LogP contribution is 2.28. The van der Waals surface area contributed by atoms with Gasteiger partial charge in [-0.2, -0.15) is 0 Å². The Bertz CT molecular complexity index is 751. The first-order valence-corrected chi connectivity index (χ1v) is 8.59. The molecule has 1 aromatic carbocycles. The summed E-state index contributed by atoms with van der Waals surface area (Å²) in [5.74, 6) is 0.855. The van der Waals surface area contributed by atoms with Crippen LogP contribution in [0.1, 0.15) is 5.69 Å². The molecule has 3 N–H and O–H groups in total. The Balaban J connectivity index is 1.62. The van der Waals surface area contributed by atoms with Crippen LogP contribution in [0, 0.1) is 6.92 Å². The molecule has 2 heterocycles. The molecular formula is C17H20ClN5O3. The molecule has 26 heavy (non-hydrogen) atoms. The maximum Gasteiger partial charge on any atom is 0.325 e. The monoisotopic (exact) mass is 377 g/mol. The number of nitrogens with one attached hydrogen (secondary N) is 3. The van der Waals surface area contributed by atoms with E-state index in [1.165, 1.54) is 6.20 Å². The summed E-state index contributed by atoms with van der Waals surface area (Å²) in [7, 11) is 0. The largest absolute Gasteiger partial charge is 0.489 e. The Morgan fingerprint density at radius 2 is 2.27 bits per heavy atom. The summed E-state index contributed by atoms with van der Waals surface area (Å²) >= 11 is 6.04. The fourth-order valence-electron chi connectivity index (χ4n) is 2.36. The predicted octanol–water partition coefficient (Wildman–Crippen LogP) is 2.45. The van der Waals surface area contributed by atoms with Crippen LogP contribution in [0.25, 0.3) is 0 Å². The predicted molar refractivity (Wildman–Crippen MR) is 99.0 cm³/mol. The molecule has 1 aromatic heterocycles. The molecular weight excluding hydrogens is 358 g/mol. The number of nitrogens with zero attached hydrogens (tertiary/aromatic N) is 2. The second-order valence-electron chi connectivity index (χ2n) is 5.77. The van der Waals surface area contributed by atoms with E-state index in [1.54, 1.807) is 24.4 Å². The number of carbonyl (C=O) groups is 1. The standard InChI is InChI=1S/C17H20ClN5O3/c1-11-7-21-16(9-20-11)23-17(24)22-14-6-12(18)2-3-15(14)26-10-13-8-19-4-5-25-13/h2-3,6-7,9,13,19H,4-5,8,10H2,1H3,(H2,21,22,23,24)/t13-/m0/s1. The topological polar surface area (TPSA) is 97.4 Å². The van der Waals surface area contributed by atoms with Gasteiger partial charge < -0.3 is 20.1 Å². The fourth-order valence-corrected chi connectivity index (χ4v) is 2.53. The molecule has 0 spiro atoms. The molecule has 0 unspecified atom stereocenters. The van der Waals surface area contributed by atoms with Crippen molar-refractivity contribution < 1.29 is 14.3 Å². The number of urea groups is 1. The highest BCUT2D eigenvalue weighted by atomic mass is 35.5. The van der Waals surface area contributed by atoms with Gasteiger partial charge in [0.2, 0.25) is 0 Å². The molecule has 1 fully saturated rings. The first-order chi connectivity index (χ1) is 12.6. The summed E-state index contributed by atoms with van der Waals surface area (Å²) in [5, 5.41) is 9.06. The van der Waals surface area contributed by atoms with Gasteiger partial charge in [0.1, 0.15) is 18.5 Å². The number of aryl methyl sites for hydroxylation is 1. The smallest absolute Gasteiger partial charge is 0.325 e. The van der Waals surface area contributed by atoms with E-state index >= 15 is 0 Å². The lowest BCUT2D eigenvalue weighted by atomic mass is 10.3. The molecule has 3 rings (SSSR count). The zero-order valence-corrected chi connectivity index (χ0v) is 15.0. The van der Waals surface area contributed by atoms with Crippen LogP contribution < -0.4 is 20.7 Å². The van der Waals surface area contributed by atoms with Crippen LogP contribution in [0.5, 0.6) is 5.75 Å². The van der Waals surface area contributed by atoms with E-state index in [0.29, 0.717) is 35.5 Å². The minimum Gasteiger partial charge on any atom is -0.489 e. The van der Waals surface area contributed by atoms with Gasteiger partial charge in [-0.1, -0.05) is 11.6 Å². The second-order valence-corrected chi connectivity index (χ2v) is 6.21. The molecule has 0 bridgehead atoms. The number of aromatic nitrogens is 2. The van der Waals surface area contributed by atoms with E-state index in [1.807, 2.05) is 6.92 Å². The van der Waals surface area contributed by atoms with Crippen molar-refractivity contribution in [2.24, 2.45) is 0 Å². The van der Waals surface area contributed by atoms with Crippen LogP contribution >= 0.6 is 11.6 Å². The van der Waals surface area contributed by atoms with Crippen LogP contribution in [0.2, 0.25) is 5.02 Å². The summed E-state index contributed by atoms with van der Waals surface area (Å²) in [6.45, 7) is 4.40. The Morgan fingerprint density at radius 1 is 1.38 bits per heavy atom. The van der Waals surface area contributed by atoms with Crippen molar-refractivity contribution in [1.29, 1.82) is 0 Å².